The Bertz CT molecular complexity index is 1340. The van der Waals surface area contributed by atoms with E-state index in [1.807, 2.05) is 6.07 Å². The zero-order valence-corrected chi connectivity index (χ0v) is 22.9. The van der Waals surface area contributed by atoms with Gasteiger partial charge >= 0.3 is 18.1 Å². The molecule has 0 saturated carbocycles. The molecule has 0 spiro atoms. The molecular weight excluding hydrogens is 537 g/mol. The molecule has 0 radical (unpaired) electrons. The van der Waals surface area contributed by atoms with Gasteiger partial charge < -0.3 is 25.3 Å². The highest BCUT2D eigenvalue weighted by atomic mass is 19.4. The molecule has 3 N–H and O–H groups in total. The second-order valence-electron chi connectivity index (χ2n) is 9.52. The van der Waals surface area contributed by atoms with Gasteiger partial charge in [-0.3, -0.25) is 4.99 Å². The zero-order valence-electron chi connectivity index (χ0n) is 22.9. The number of hydrogen-bond acceptors (Lipinski definition) is 4. The van der Waals surface area contributed by atoms with Crippen LogP contribution < -0.4 is 10.2 Å². The molecule has 3 aromatic rings. The minimum Gasteiger partial charge on any atom is -0.478 e. The Labute approximate surface area is 236 Å². The van der Waals surface area contributed by atoms with Crippen LogP contribution in [0.4, 0.5) is 24.5 Å². The van der Waals surface area contributed by atoms with Gasteiger partial charge in [0, 0.05) is 44.1 Å². The van der Waals surface area contributed by atoms with E-state index in [0.29, 0.717) is 6.54 Å². The van der Waals surface area contributed by atoms with Gasteiger partial charge in [-0.25, -0.2) is 9.59 Å². The second-order valence-corrected chi connectivity index (χ2v) is 9.52. The van der Waals surface area contributed by atoms with Crippen LogP contribution in [0.2, 0.25) is 0 Å². The number of carbonyl (C=O) groups is 2. The van der Waals surface area contributed by atoms with Crippen LogP contribution in [0.25, 0.3) is 0 Å². The maximum absolute atomic E-state index is 11.2. The number of nitrogens with zero attached hydrogens (tertiary/aromatic N) is 3. The number of aliphatic carboxylic acids is 1. The lowest BCUT2D eigenvalue weighted by Gasteiger charge is -2.38. The van der Waals surface area contributed by atoms with E-state index < -0.39 is 18.1 Å². The monoisotopic (exact) mass is 570 g/mol. The molecule has 4 rings (SSSR count). The molecule has 1 heterocycles. The minimum atomic E-state index is -5.08. The molecule has 1 fully saturated rings. The van der Waals surface area contributed by atoms with E-state index in [0.717, 1.165) is 44.2 Å². The van der Waals surface area contributed by atoms with Crippen molar-refractivity contribution >= 4 is 29.3 Å². The van der Waals surface area contributed by atoms with Crippen LogP contribution in [0, 0.1) is 13.8 Å². The van der Waals surface area contributed by atoms with Crippen molar-refractivity contribution in [3.63, 3.8) is 0 Å². The molecule has 3 aromatic carbocycles. The van der Waals surface area contributed by atoms with E-state index >= 15 is 0 Å². The van der Waals surface area contributed by atoms with E-state index in [1.165, 1.54) is 22.4 Å². The molecular formula is C30H33F3N4O4. The van der Waals surface area contributed by atoms with Crippen molar-refractivity contribution in [3.8, 4) is 0 Å². The fourth-order valence-electron chi connectivity index (χ4n) is 4.20. The van der Waals surface area contributed by atoms with E-state index in [4.69, 9.17) is 14.9 Å². The molecule has 0 aliphatic carbocycles. The van der Waals surface area contributed by atoms with Crippen molar-refractivity contribution in [2.45, 2.75) is 26.4 Å². The van der Waals surface area contributed by atoms with Crippen LogP contribution >= 0.6 is 0 Å². The summed E-state index contributed by atoms with van der Waals surface area (Å²) in [4.78, 5) is 29.7. The number of guanidine groups is 1. The average Bonchev–Trinajstić information content (AvgIpc) is 2.94. The Kier molecular flexibility index (Phi) is 10.7. The summed E-state index contributed by atoms with van der Waals surface area (Å²) in [7, 11) is 0. The fourth-order valence-corrected chi connectivity index (χ4v) is 4.20. The first kappa shape index (κ1) is 31.0. The summed E-state index contributed by atoms with van der Waals surface area (Å²) in [5.74, 6) is -2.85. The summed E-state index contributed by atoms with van der Waals surface area (Å²) in [6, 6.07) is 23.8. The van der Waals surface area contributed by atoms with Crippen LogP contribution in [0.15, 0.2) is 77.8 Å². The highest BCUT2D eigenvalue weighted by molar-refractivity contribution is 5.95. The SMILES string of the molecule is Cc1ccc(C)c(N2CCN(C(=NCCc3ccccc3)Nc3ccc(C(=O)O)cc3)CC2)c1.O=C(O)C(F)(F)F. The van der Waals surface area contributed by atoms with Crippen LogP contribution in [0.3, 0.4) is 0 Å². The molecule has 41 heavy (non-hydrogen) atoms. The molecule has 0 amide bonds. The quantitative estimate of drug-likeness (QED) is 0.267. The number of nitrogens with one attached hydrogen (secondary N) is 1. The summed E-state index contributed by atoms with van der Waals surface area (Å²) in [6.07, 6.45) is -4.22. The number of benzene rings is 3. The van der Waals surface area contributed by atoms with Crippen LogP contribution in [0.5, 0.6) is 0 Å². The first-order chi connectivity index (χ1) is 19.4. The lowest BCUT2D eigenvalue weighted by molar-refractivity contribution is -0.192. The van der Waals surface area contributed by atoms with Gasteiger partial charge in [0.25, 0.3) is 0 Å². The first-order valence-corrected chi connectivity index (χ1v) is 13.0. The van der Waals surface area contributed by atoms with Crippen LogP contribution in [-0.4, -0.2) is 71.9 Å². The van der Waals surface area contributed by atoms with Crippen molar-refractivity contribution in [3.05, 3.63) is 95.1 Å². The number of halogens is 3. The minimum absolute atomic E-state index is 0.273. The van der Waals surface area contributed by atoms with Crippen molar-refractivity contribution in [2.24, 2.45) is 4.99 Å². The van der Waals surface area contributed by atoms with Crippen LogP contribution in [0.1, 0.15) is 27.0 Å². The first-order valence-electron chi connectivity index (χ1n) is 13.0. The van der Waals surface area contributed by atoms with Gasteiger partial charge in [-0.2, -0.15) is 13.2 Å². The third-order valence-electron chi connectivity index (χ3n) is 6.42. The lowest BCUT2D eigenvalue weighted by atomic mass is 10.1. The number of aliphatic imine (C=N–C) groups is 1. The predicted octanol–water partition coefficient (Wildman–Crippen LogP) is 5.47. The summed E-state index contributed by atoms with van der Waals surface area (Å²) < 4.78 is 31.7. The molecule has 0 aromatic heterocycles. The van der Waals surface area contributed by atoms with E-state index in [-0.39, 0.29) is 5.56 Å². The number of aromatic carboxylic acids is 1. The Morgan fingerprint density at radius 2 is 1.51 bits per heavy atom. The van der Waals surface area contributed by atoms with Gasteiger partial charge in [0.1, 0.15) is 0 Å². The molecule has 8 nitrogen and oxygen atoms in total. The third-order valence-corrected chi connectivity index (χ3v) is 6.42. The predicted molar refractivity (Wildman–Crippen MR) is 153 cm³/mol. The normalized spacial score (nSPS) is 13.7. The molecule has 1 aliphatic rings. The van der Waals surface area contributed by atoms with E-state index in [1.54, 1.807) is 24.3 Å². The van der Waals surface area contributed by atoms with Gasteiger partial charge in [0.15, 0.2) is 5.96 Å². The van der Waals surface area contributed by atoms with Crippen molar-refractivity contribution in [1.29, 1.82) is 0 Å². The van der Waals surface area contributed by atoms with Gasteiger partial charge in [-0.15, -0.1) is 0 Å². The summed E-state index contributed by atoms with van der Waals surface area (Å²) in [6.45, 7) is 8.53. The molecule has 0 unspecified atom stereocenters. The topological polar surface area (TPSA) is 105 Å². The average molecular weight is 571 g/mol. The smallest absolute Gasteiger partial charge is 0.478 e. The van der Waals surface area contributed by atoms with Gasteiger partial charge in [0.05, 0.1) is 5.56 Å². The van der Waals surface area contributed by atoms with Gasteiger partial charge in [-0.05, 0) is 67.3 Å². The summed E-state index contributed by atoms with van der Waals surface area (Å²) in [5, 5.41) is 19.7. The Morgan fingerprint density at radius 1 is 0.902 bits per heavy atom. The van der Waals surface area contributed by atoms with Crippen molar-refractivity contribution in [1.82, 2.24) is 4.90 Å². The van der Waals surface area contributed by atoms with E-state index in [2.05, 4.69) is 71.4 Å². The highest BCUT2D eigenvalue weighted by Gasteiger charge is 2.38. The third kappa shape index (κ3) is 9.55. The van der Waals surface area contributed by atoms with Gasteiger partial charge in [0.2, 0.25) is 0 Å². The van der Waals surface area contributed by atoms with Gasteiger partial charge in [-0.1, -0.05) is 42.5 Å². The molecule has 1 aliphatic heterocycles. The molecule has 11 heteroatoms. The van der Waals surface area contributed by atoms with Crippen molar-refractivity contribution < 1.29 is 33.0 Å². The number of aryl methyl sites for hydroxylation is 2. The van der Waals surface area contributed by atoms with E-state index in [9.17, 15) is 23.1 Å². The van der Waals surface area contributed by atoms with Crippen LogP contribution in [-0.2, 0) is 11.2 Å². The number of hydrogen-bond donors (Lipinski definition) is 3. The number of carboxylic acid groups (broad SMARTS) is 2. The second kappa shape index (κ2) is 14.2. The standard InChI is InChI=1S/C28H32N4O2.C2HF3O2/c1-21-8-9-22(2)26(20-21)31-16-18-32(19-17-31)28(29-15-14-23-6-4-3-5-7-23)30-25-12-10-24(11-13-25)27(33)34;3-2(4,5)1(6)7/h3-13,20H,14-19H2,1-2H3,(H,29,30)(H,33,34);(H,6,7). The summed E-state index contributed by atoms with van der Waals surface area (Å²) in [5.41, 5.74) is 6.25. The Hall–Kier alpha value is -4.54. The Balaban J connectivity index is 0.000000587. The maximum Gasteiger partial charge on any atom is 0.490 e. The number of piperazine rings is 1. The molecule has 0 bridgehead atoms. The lowest BCUT2D eigenvalue weighted by Crippen LogP contribution is -2.51. The number of carboxylic acids is 2. The number of anilines is 2. The fraction of sp³-hybridized carbons (Fsp3) is 0.300. The van der Waals surface area contributed by atoms with Crippen molar-refractivity contribution in [2.75, 3.05) is 42.9 Å². The largest absolute Gasteiger partial charge is 0.490 e. The number of alkyl halides is 3. The highest BCUT2D eigenvalue weighted by Crippen LogP contribution is 2.23. The Morgan fingerprint density at radius 3 is 2.07 bits per heavy atom. The number of rotatable bonds is 6. The molecule has 218 valence electrons. The maximum atomic E-state index is 11.2. The molecule has 1 saturated heterocycles. The zero-order chi connectivity index (χ0) is 30.0. The summed E-state index contributed by atoms with van der Waals surface area (Å²) >= 11 is 0. The molecule has 0 atom stereocenters.